The molecular formula is C21H23N3O2. The van der Waals surface area contributed by atoms with Gasteiger partial charge in [0.1, 0.15) is 5.69 Å². The van der Waals surface area contributed by atoms with Gasteiger partial charge in [0, 0.05) is 30.5 Å². The van der Waals surface area contributed by atoms with Crippen LogP contribution in [0.15, 0.2) is 48.8 Å². The van der Waals surface area contributed by atoms with Crippen molar-refractivity contribution < 1.29 is 9.53 Å². The van der Waals surface area contributed by atoms with Crippen LogP contribution in [0, 0.1) is 5.92 Å². The van der Waals surface area contributed by atoms with Gasteiger partial charge in [-0.05, 0) is 60.5 Å². The van der Waals surface area contributed by atoms with E-state index < -0.39 is 0 Å². The van der Waals surface area contributed by atoms with E-state index in [-0.39, 0.29) is 5.91 Å². The van der Waals surface area contributed by atoms with Gasteiger partial charge in [-0.2, -0.15) is 0 Å². The number of amides is 1. The number of nitrogens with zero attached hydrogens (tertiary/aromatic N) is 2. The fourth-order valence-corrected chi connectivity index (χ4v) is 3.61. The van der Waals surface area contributed by atoms with E-state index in [4.69, 9.17) is 4.74 Å². The van der Waals surface area contributed by atoms with Gasteiger partial charge in [-0.1, -0.05) is 12.8 Å². The van der Waals surface area contributed by atoms with Crippen LogP contribution in [0.25, 0.3) is 10.8 Å². The molecule has 1 N–H and O–H groups in total. The minimum atomic E-state index is -0.122. The number of rotatable bonds is 5. The Balaban J connectivity index is 1.52. The lowest BCUT2D eigenvalue weighted by atomic mass is 10.1. The number of carbonyl (C=O) groups is 1. The molecule has 2 aromatic heterocycles. The molecule has 0 aliphatic heterocycles. The number of fused-ring (bicyclic) bond motifs is 1. The first kappa shape index (κ1) is 16.6. The average molecular weight is 349 g/mol. The second kappa shape index (κ2) is 7.20. The number of carbonyl (C=O) groups excluding carboxylic acids is 1. The molecule has 0 spiro atoms. The van der Waals surface area contributed by atoms with Crippen molar-refractivity contribution in [2.24, 2.45) is 13.0 Å². The molecule has 1 aliphatic rings. The van der Waals surface area contributed by atoms with Crippen molar-refractivity contribution in [1.29, 1.82) is 0 Å². The second-order valence-corrected chi connectivity index (χ2v) is 6.97. The number of anilines is 1. The number of benzene rings is 1. The van der Waals surface area contributed by atoms with Gasteiger partial charge in [0.2, 0.25) is 5.88 Å². The van der Waals surface area contributed by atoms with E-state index in [1.54, 1.807) is 16.8 Å². The molecule has 3 aromatic rings. The molecule has 1 aromatic carbocycles. The average Bonchev–Trinajstić information content (AvgIpc) is 3.31. The highest BCUT2D eigenvalue weighted by atomic mass is 16.5. The summed E-state index contributed by atoms with van der Waals surface area (Å²) in [5.41, 5.74) is 1.39. The lowest BCUT2D eigenvalue weighted by Crippen LogP contribution is -2.15. The van der Waals surface area contributed by atoms with Crippen molar-refractivity contribution in [3.63, 3.8) is 0 Å². The van der Waals surface area contributed by atoms with Crippen molar-refractivity contribution in [2.75, 3.05) is 11.9 Å². The fraction of sp³-hybridized carbons (Fsp3) is 0.333. The SMILES string of the molecule is Cn1cccc1C(=O)Nc1ccc2c(OCC3CCCC3)nccc2c1. The predicted molar refractivity (Wildman–Crippen MR) is 103 cm³/mol. The molecular weight excluding hydrogens is 326 g/mol. The zero-order valence-corrected chi connectivity index (χ0v) is 14.9. The van der Waals surface area contributed by atoms with E-state index in [0.717, 1.165) is 23.1 Å². The molecule has 0 radical (unpaired) electrons. The number of aryl methyl sites for hydroxylation is 1. The topological polar surface area (TPSA) is 56.2 Å². The quantitative estimate of drug-likeness (QED) is 0.743. The smallest absolute Gasteiger partial charge is 0.272 e. The maximum absolute atomic E-state index is 12.4. The van der Waals surface area contributed by atoms with Gasteiger partial charge in [0.15, 0.2) is 0 Å². The van der Waals surface area contributed by atoms with Crippen molar-refractivity contribution in [1.82, 2.24) is 9.55 Å². The van der Waals surface area contributed by atoms with Crippen LogP contribution in [0.4, 0.5) is 5.69 Å². The van der Waals surface area contributed by atoms with E-state index in [0.29, 0.717) is 17.5 Å². The van der Waals surface area contributed by atoms with Gasteiger partial charge in [-0.15, -0.1) is 0 Å². The number of hydrogen-bond acceptors (Lipinski definition) is 3. The van der Waals surface area contributed by atoms with E-state index in [1.165, 1.54) is 25.7 Å². The van der Waals surface area contributed by atoms with Gasteiger partial charge in [0.05, 0.1) is 6.61 Å². The summed E-state index contributed by atoms with van der Waals surface area (Å²) in [7, 11) is 1.86. The van der Waals surface area contributed by atoms with Gasteiger partial charge < -0.3 is 14.6 Å². The molecule has 2 heterocycles. The Kier molecular flexibility index (Phi) is 4.61. The Morgan fingerprint density at radius 1 is 1.27 bits per heavy atom. The van der Waals surface area contributed by atoms with Crippen LogP contribution in [0.5, 0.6) is 5.88 Å². The predicted octanol–water partition coefficient (Wildman–Crippen LogP) is 4.39. The Labute approximate surface area is 153 Å². The second-order valence-electron chi connectivity index (χ2n) is 6.97. The minimum Gasteiger partial charge on any atom is -0.477 e. The lowest BCUT2D eigenvalue weighted by Gasteiger charge is -2.13. The summed E-state index contributed by atoms with van der Waals surface area (Å²) in [5.74, 6) is 1.20. The zero-order valence-electron chi connectivity index (χ0n) is 14.9. The maximum Gasteiger partial charge on any atom is 0.272 e. The van der Waals surface area contributed by atoms with Crippen LogP contribution in [0.1, 0.15) is 36.2 Å². The summed E-state index contributed by atoms with van der Waals surface area (Å²) in [6.45, 7) is 0.734. The first-order valence-corrected chi connectivity index (χ1v) is 9.15. The monoisotopic (exact) mass is 349 g/mol. The standard InChI is InChI=1S/C21H23N3O2/c1-24-12-4-7-19(24)20(25)23-17-8-9-18-16(13-17)10-11-22-21(18)26-14-15-5-2-3-6-15/h4,7-13,15H,2-3,5-6,14H2,1H3,(H,23,25). The fourth-order valence-electron chi connectivity index (χ4n) is 3.61. The van der Waals surface area contributed by atoms with E-state index in [1.807, 2.05) is 43.6 Å². The molecule has 134 valence electrons. The Morgan fingerprint density at radius 3 is 2.88 bits per heavy atom. The van der Waals surface area contributed by atoms with Crippen molar-refractivity contribution >= 4 is 22.4 Å². The number of nitrogens with one attached hydrogen (secondary N) is 1. The summed E-state index contributed by atoms with van der Waals surface area (Å²) < 4.78 is 7.80. The number of aromatic nitrogens is 2. The van der Waals surface area contributed by atoms with Crippen molar-refractivity contribution in [2.45, 2.75) is 25.7 Å². The summed E-state index contributed by atoms with van der Waals surface area (Å²) in [6.07, 6.45) is 8.73. The molecule has 5 nitrogen and oxygen atoms in total. The third kappa shape index (κ3) is 3.43. The van der Waals surface area contributed by atoms with E-state index in [9.17, 15) is 4.79 Å². The first-order valence-electron chi connectivity index (χ1n) is 9.15. The molecule has 1 fully saturated rings. The molecule has 0 saturated heterocycles. The Morgan fingerprint density at radius 2 is 2.12 bits per heavy atom. The summed E-state index contributed by atoms with van der Waals surface area (Å²) in [6, 6.07) is 11.4. The summed E-state index contributed by atoms with van der Waals surface area (Å²) in [5, 5.41) is 4.93. The molecule has 0 atom stereocenters. The highest BCUT2D eigenvalue weighted by Crippen LogP contribution is 2.29. The molecule has 4 rings (SSSR count). The van der Waals surface area contributed by atoms with Gasteiger partial charge in [0.25, 0.3) is 5.91 Å². The van der Waals surface area contributed by atoms with Crippen LogP contribution in [-0.2, 0) is 7.05 Å². The maximum atomic E-state index is 12.4. The van der Waals surface area contributed by atoms with Gasteiger partial charge in [-0.3, -0.25) is 4.79 Å². The van der Waals surface area contributed by atoms with E-state index >= 15 is 0 Å². The zero-order chi connectivity index (χ0) is 17.9. The number of pyridine rings is 1. The van der Waals surface area contributed by atoms with Crippen LogP contribution >= 0.6 is 0 Å². The highest BCUT2D eigenvalue weighted by Gasteiger charge is 2.16. The van der Waals surface area contributed by atoms with Crippen LogP contribution in [-0.4, -0.2) is 22.1 Å². The number of ether oxygens (including phenoxy) is 1. The molecule has 0 bridgehead atoms. The molecule has 5 heteroatoms. The van der Waals surface area contributed by atoms with Crippen LogP contribution < -0.4 is 10.1 Å². The molecule has 0 unspecified atom stereocenters. The van der Waals surface area contributed by atoms with E-state index in [2.05, 4.69) is 10.3 Å². The van der Waals surface area contributed by atoms with Crippen molar-refractivity contribution in [3.05, 3.63) is 54.5 Å². The Bertz CT molecular complexity index is 926. The van der Waals surface area contributed by atoms with Crippen molar-refractivity contribution in [3.8, 4) is 5.88 Å². The van der Waals surface area contributed by atoms with Crippen LogP contribution in [0.2, 0.25) is 0 Å². The third-order valence-corrected chi connectivity index (χ3v) is 5.09. The van der Waals surface area contributed by atoms with Gasteiger partial charge >= 0.3 is 0 Å². The highest BCUT2D eigenvalue weighted by molar-refractivity contribution is 6.04. The Hall–Kier alpha value is -2.82. The normalized spacial score (nSPS) is 14.7. The summed E-state index contributed by atoms with van der Waals surface area (Å²) in [4.78, 5) is 16.8. The molecule has 1 amide bonds. The first-order chi connectivity index (χ1) is 12.7. The van der Waals surface area contributed by atoms with Gasteiger partial charge in [-0.25, -0.2) is 4.98 Å². The third-order valence-electron chi connectivity index (χ3n) is 5.09. The molecule has 1 aliphatic carbocycles. The molecule has 26 heavy (non-hydrogen) atoms. The number of hydrogen-bond donors (Lipinski definition) is 1. The largest absolute Gasteiger partial charge is 0.477 e. The molecule has 1 saturated carbocycles. The minimum absolute atomic E-state index is 0.122. The summed E-state index contributed by atoms with van der Waals surface area (Å²) >= 11 is 0. The lowest BCUT2D eigenvalue weighted by molar-refractivity contribution is 0.101. The van der Waals surface area contributed by atoms with Crippen LogP contribution in [0.3, 0.4) is 0 Å².